The number of nitrogen functional groups attached to an aromatic ring is 1. The molecule has 3 N–H and O–H groups in total. The van der Waals surface area contributed by atoms with Crippen molar-refractivity contribution in [3.8, 4) is 0 Å². The van der Waals surface area contributed by atoms with Gasteiger partial charge in [-0.2, -0.15) is 11.8 Å². The van der Waals surface area contributed by atoms with Gasteiger partial charge in [-0.15, -0.1) is 0 Å². The Hall–Kier alpha value is -1.27. The Morgan fingerprint density at radius 2 is 2.40 bits per heavy atom. The summed E-state index contributed by atoms with van der Waals surface area (Å²) in [4.78, 5) is 14.2. The molecule has 0 radical (unpaired) electrons. The molecule has 1 heterocycles. The number of nitrogens with zero attached hydrogens (tertiary/aromatic N) is 1. The van der Waals surface area contributed by atoms with Gasteiger partial charge in [-0.05, 0) is 18.2 Å². The van der Waals surface area contributed by atoms with Crippen LogP contribution in [0.2, 0.25) is 0 Å². The first-order valence-electron chi connectivity index (χ1n) is 6.73. The molecule has 20 heavy (non-hydrogen) atoms. The molecule has 6 heteroatoms. The molecule has 0 aromatic heterocycles. The van der Waals surface area contributed by atoms with Crippen LogP contribution >= 0.6 is 11.8 Å². The number of nitrogens with one attached hydrogen (secondary N) is 1. The van der Waals surface area contributed by atoms with E-state index in [2.05, 4.69) is 17.1 Å². The van der Waals surface area contributed by atoms with Crippen LogP contribution in [0.3, 0.4) is 0 Å². The molecule has 110 valence electrons. The average molecular weight is 297 g/mol. The summed E-state index contributed by atoms with van der Waals surface area (Å²) < 4.78 is 12.9. The van der Waals surface area contributed by atoms with Gasteiger partial charge >= 0.3 is 0 Å². The normalized spacial score (nSPS) is 19.8. The highest BCUT2D eigenvalue weighted by Crippen LogP contribution is 2.20. The van der Waals surface area contributed by atoms with Crippen LogP contribution in [0.5, 0.6) is 0 Å². The van der Waals surface area contributed by atoms with Gasteiger partial charge in [0.15, 0.2) is 0 Å². The number of anilines is 2. The molecule has 0 aliphatic carbocycles. The Morgan fingerprint density at radius 1 is 1.60 bits per heavy atom. The Bertz CT molecular complexity index is 483. The van der Waals surface area contributed by atoms with Crippen LogP contribution in [0.1, 0.15) is 13.3 Å². The summed E-state index contributed by atoms with van der Waals surface area (Å²) in [6, 6.07) is 3.98. The lowest BCUT2D eigenvalue weighted by molar-refractivity contribution is -0.116. The molecular formula is C14H20FN3OS. The molecule has 0 bridgehead atoms. The lowest BCUT2D eigenvalue weighted by Crippen LogP contribution is -2.38. The largest absolute Gasteiger partial charge is 0.397 e. The topological polar surface area (TPSA) is 58.4 Å². The molecule has 1 amide bonds. The SMILES string of the molecule is CC1CN(CCC(=O)Nc2ccc(F)cc2N)CCS1. The number of carbonyl (C=O) groups excluding carboxylic acids is 1. The maximum Gasteiger partial charge on any atom is 0.225 e. The first-order valence-corrected chi connectivity index (χ1v) is 7.78. The zero-order valence-electron chi connectivity index (χ0n) is 11.6. The van der Waals surface area contributed by atoms with Crippen molar-refractivity contribution >= 4 is 29.0 Å². The molecule has 1 atom stereocenters. The van der Waals surface area contributed by atoms with Crippen molar-refractivity contribution in [1.29, 1.82) is 0 Å². The highest BCUT2D eigenvalue weighted by Gasteiger charge is 2.17. The van der Waals surface area contributed by atoms with Crippen molar-refractivity contribution in [1.82, 2.24) is 4.90 Å². The van der Waals surface area contributed by atoms with Crippen molar-refractivity contribution < 1.29 is 9.18 Å². The van der Waals surface area contributed by atoms with E-state index in [4.69, 9.17) is 5.73 Å². The molecule has 4 nitrogen and oxygen atoms in total. The highest BCUT2D eigenvalue weighted by molar-refractivity contribution is 7.99. The van der Waals surface area contributed by atoms with E-state index in [1.165, 1.54) is 18.2 Å². The van der Waals surface area contributed by atoms with Crippen LogP contribution < -0.4 is 11.1 Å². The smallest absolute Gasteiger partial charge is 0.225 e. The van der Waals surface area contributed by atoms with E-state index in [1.807, 2.05) is 11.8 Å². The monoisotopic (exact) mass is 297 g/mol. The van der Waals surface area contributed by atoms with E-state index >= 15 is 0 Å². The van der Waals surface area contributed by atoms with Gasteiger partial charge in [0, 0.05) is 37.1 Å². The average Bonchev–Trinajstić information content (AvgIpc) is 2.40. The van der Waals surface area contributed by atoms with Crippen molar-refractivity contribution in [2.24, 2.45) is 0 Å². The molecule has 0 spiro atoms. The number of halogens is 1. The third-order valence-corrected chi connectivity index (χ3v) is 4.40. The number of rotatable bonds is 4. The predicted molar refractivity (Wildman–Crippen MR) is 82.4 cm³/mol. The van der Waals surface area contributed by atoms with Crippen LogP contribution in [0, 0.1) is 5.82 Å². The minimum Gasteiger partial charge on any atom is -0.397 e. The summed E-state index contributed by atoms with van der Waals surface area (Å²) in [6.45, 7) is 5.01. The number of benzene rings is 1. The quantitative estimate of drug-likeness (QED) is 0.836. The molecule has 2 rings (SSSR count). The summed E-state index contributed by atoms with van der Waals surface area (Å²) in [5, 5.41) is 3.35. The second-order valence-corrected chi connectivity index (χ2v) is 6.56. The lowest BCUT2D eigenvalue weighted by atomic mass is 10.2. The summed E-state index contributed by atoms with van der Waals surface area (Å²) >= 11 is 1.97. The third-order valence-electron chi connectivity index (χ3n) is 3.27. The molecule has 1 unspecified atom stereocenters. The van der Waals surface area contributed by atoms with E-state index in [0.717, 1.165) is 25.4 Å². The molecule has 1 aromatic rings. The standard InChI is InChI=1S/C14H20FN3OS/c1-10-9-18(6-7-20-10)5-4-14(19)17-13-3-2-11(15)8-12(13)16/h2-3,8,10H,4-7,9,16H2,1H3,(H,17,19). The minimum atomic E-state index is -0.402. The van der Waals surface area contributed by atoms with Gasteiger partial charge in [0.25, 0.3) is 0 Å². The summed E-state index contributed by atoms with van der Waals surface area (Å²) in [6.07, 6.45) is 0.425. The fourth-order valence-corrected chi connectivity index (χ4v) is 3.30. The third kappa shape index (κ3) is 4.38. The Balaban J connectivity index is 1.80. The number of hydrogen-bond acceptors (Lipinski definition) is 4. The Labute approximate surface area is 122 Å². The van der Waals surface area contributed by atoms with E-state index in [1.54, 1.807) is 0 Å². The molecule has 1 aliphatic heterocycles. The van der Waals surface area contributed by atoms with E-state index in [0.29, 0.717) is 17.4 Å². The summed E-state index contributed by atoms with van der Waals surface area (Å²) in [7, 11) is 0. The van der Waals surface area contributed by atoms with Crippen LogP contribution in [0.4, 0.5) is 15.8 Å². The van der Waals surface area contributed by atoms with Crippen molar-refractivity contribution in [2.75, 3.05) is 36.4 Å². The van der Waals surface area contributed by atoms with Gasteiger partial charge in [-0.3, -0.25) is 4.79 Å². The van der Waals surface area contributed by atoms with Crippen molar-refractivity contribution in [3.05, 3.63) is 24.0 Å². The fourth-order valence-electron chi connectivity index (χ4n) is 2.21. The molecule has 1 fully saturated rings. The maximum absolute atomic E-state index is 12.9. The Morgan fingerprint density at radius 3 is 3.10 bits per heavy atom. The van der Waals surface area contributed by atoms with Crippen LogP contribution in [0.25, 0.3) is 0 Å². The van der Waals surface area contributed by atoms with Gasteiger partial charge < -0.3 is 16.0 Å². The minimum absolute atomic E-state index is 0.0887. The van der Waals surface area contributed by atoms with Crippen molar-refractivity contribution in [3.63, 3.8) is 0 Å². The zero-order valence-corrected chi connectivity index (χ0v) is 12.4. The van der Waals surface area contributed by atoms with Gasteiger partial charge in [0.05, 0.1) is 11.4 Å². The van der Waals surface area contributed by atoms with Gasteiger partial charge in [0.2, 0.25) is 5.91 Å². The second kappa shape index (κ2) is 6.95. The van der Waals surface area contributed by atoms with Gasteiger partial charge in [0.1, 0.15) is 5.82 Å². The van der Waals surface area contributed by atoms with Gasteiger partial charge in [-0.25, -0.2) is 4.39 Å². The van der Waals surface area contributed by atoms with E-state index in [-0.39, 0.29) is 11.6 Å². The molecule has 0 saturated carbocycles. The highest BCUT2D eigenvalue weighted by atomic mass is 32.2. The number of carbonyl (C=O) groups is 1. The summed E-state index contributed by atoms with van der Waals surface area (Å²) in [5.74, 6) is 0.628. The number of amides is 1. The number of nitrogens with two attached hydrogens (primary N) is 1. The molecule has 1 aromatic carbocycles. The second-order valence-electron chi connectivity index (χ2n) is 5.01. The number of hydrogen-bond donors (Lipinski definition) is 2. The van der Waals surface area contributed by atoms with Crippen LogP contribution in [-0.4, -0.2) is 41.4 Å². The first-order chi connectivity index (χ1) is 9.54. The molecule has 1 saturated heterocycles. The maximum atomic E-state index is 12.9. The van der Waals surface area contributed by atoms with Crippen LogP contribution in [-0.2, 0) is 4.79 Å². The predicted octanol–water partition coefficient (Wildman–Crippen LogP) is 2.17. The number of thioether (sulfide) groups is 1. The lowest BCUT2D eigenvalue weighted by Gasteiger charge is -2.30. The van der Waals surface area contributed by atoms with Crippen molar-refractivity contribution in [2.45, 2.75) is 18.6 Å². The van der Waals surface area contributed by atoms with E-state index in [9.17, 15) is 9.18 Å². The van der Waals surface area contributed by atoms with E-state index < -0.39 is 5.82 Å². The summed E-state index contributed by atoms with van der Waals surface area (Å²) in [5.41, 5.74) is 6.38. The fraction of sp³-hybridized carbons (Fsp3) is 0.500. The zero-order chi connectivity index (χ0) is 14.5. The Kier molecular flexibility index (Phi) is 5.25. The first kappa shape index (κ1) is 15.1. The molecular weight excluding hydrogens is 277 g/mol. The van der Waals surface area contributed by atoms with Gasteiger partial charge in [-0.1, -0.05) is 6.92 Å². The molecule has 1 aliphatic rings. The van der Waals surface area contributed by atoms with Crippen LogP contribution in [0.15, 0.2) is 18.2 Å².